The molecule has 49 heavy (non-hydrogen) atoms. The summed E-state index contributed by atoms with van der Waals surface area (Å²) in [7, 11) is -2.13. The Kier molecular flexibility index (Phi) is 10.3. The molecular formula is C38H40ClN3O6S. The molecule has 0 unspecified atom stereocenters. The SMILES string of the molecule is CN(c1ccc2oc(C(=O)N[C@@H](C=C3CCC(c4ccccc4CN4CCCC4=O)CC3)Cc3ccc(Cl)cc3)cc(=O)c2c1)S(C)(=O)=O. The van der Waals surface area contributed by atoms with Crippen molar-refractivity contribution >= 4 is 50.1 Å². The Labute approximate surface area is 291 Å². The third-order valence-electron chi connectivity index (χ3n) is 9.57. The van der Waals surface area contributed by atoms with E-state index in [9.17, 15) is 22.8 Å². The lowest BCUT2D eigenvalue weighted by atomic mass is 9.79. The van der Waals surface area contributed by atoms with Crippen molar-refractivity contribution < 1.29 is 22.4 Å². The van der Waals surface area contributed by atoms with Crippen molar-refractivity contribution in [1.82, 2.24) is 10.2 Å². The third-order valence-corrected chi connectivity index (χ3v) is 11.0. The number of nitrogens with one attached hydrogen (secondary N) is 1. The number of amides is 2. The average molecular weight is 702 g/mol. The molecule has 0 radical (unpaired) electrons. The molecule has 1 atom stereocenters. The van der Waals surface area contributed by atoms with Crippen molar-refractivity contribution in [2.75, 3.05) is 24.2 Å². The van der Waals surface area contributed by atoms with Gasteiger partial charge in [-0.1, -0.05) is 59.6 Å². The van der Waals surface area contributed by atoms with Gasteiger partial charge in [0, 0.05) is 37.6 Å². The highest BCUT2D eigenvalue weighted by Gasteiger charge is 2.26. The zero-order chi connectivity index (χ0) is 34.7. The fourth-order valence-electron chi connectivity index (χ4n) is 6.81. The number of hydrogen-bond acceptors (Lipinski definition) is 6. The van der Waals surface area contributed by atoms with E-state index in [1.807, 2.05) is 35.2 Å². The van der Waals surface area contributed by atoms with Gasteiger partial charge in [-0.3, -0.25) is 18.7 Å². The molecule has 2 heterocycles. The molecule has 6 rings (SSSR count). The van der Waals surface area contributed by atoms with Crippen LogP contribution in [-0.4, -0.2) is 51.0 Å². The predicted octanol–water partition coefficient (Wildman–Crippen LogP) is 6.59. The first-order chi connectivity index (χ1) is 23.4. The van der Waals surface area contributed by atoms with E-state index in [2.05, 4.69) is 29.6 Å². The van der Waals surface area contributed by atoms with E-state index in [0.717, 1.165) is 60.8 Å². The molecule has 1 saturated heterocycles. The summed E-state index contributed by atoms with van der Waals surface area (Å²) in [6.07, 6.45) is 8.97. The number of likely N-dealkylation sites (tertiary alicyclic amines) is 1. The molecule has 2 amide bonds. The number of benzene rings is 3. The number of nitrogens with zero attached hydrogens (tertiary/aromatic N) is 2. The molecule has 1 aliphatic carbocycles. The van der Waals surface area contributed by atoms with E-state index in [1.165, 1.54) is 41.9 Å². The van der Waals surface area contributed by atoms with Gasteiger partial charge in [-0.05, 0) is 91.5 Å². The number of sulfonamides is 1. The van der Waals surface area contributed by atoms with Crippen molar-refractivity contribution in [3.63, 3.8) is 0 Å². The fraction of sp³-hybridized carbons (Fsp3) is 0.342. The molecule has 9 nitrogen and oxygen atoms in total. The minimum Gasteiger partial charge on any atom is -0.451 e. The Morgan fingerprint density at radius 3 is 2.47 bits per heavy atom. The van der Waals surface area contributed by atoms with Gasteiger partial charge >= 0.3 is 0 Å². The van der Waals surface area contributed by atoms with Crippen LogP contribution in [0.25, 0.3) is 11.0 Å². The minimum atomic E-state index is -3.53. The standard InChI is InChI=1S/C38H40ClN3O6S/c1-41(49(2,46)47)31-17-18-35-33(22-31)34(43)23-36(48-35)38(45)40-30(21-26-11-15-29(39)16-12-26)20-25-9-13-27(14-10-25)32-7-4-3-6-28(32)24-42-19-5-8-37(42)44/h3-4,6-7,11-12,15-18,20,22-23,27,30H,5,8-10,13-14,19,21,24H2,1-2H3,(H,40,45)/t27?,30-/m0/s1. The van der Waals surface area contributed by atoms with Crippen LogP contribution in [0.4, 0.5) is 5.69 Å². The summed E-state index contributed by atoms with van der Waals surface area (Å²) in [5.74, 6) is -0.0313. The summed E-state index contributed by atoms with van der Waals surface area (Å²) in [6.45, 7) is 1.48. The number of carbonyl (C=O) groups is 2. The number of fused-ring (bicyclic) bond motifs is 1. The Morgan fingerprint density at radius 2 is 1.78 bits per heavy atom. The lowest BCUT2D eigenvalue weighted by molar-refractivity contribution is -0.128. The van der Waals surface area contributed by atoms with Crippen LogP contribution < -0.4 is 15.1 Å². The monoisotopic (exact) mass is 701 g/mol. The first kappa shape index (κ1) is 34.5. The van der Waals surface area contributed by atoms with Gasteiger partial charge in [-0.15, -0.1) is 0 Å². The van der Waals surface area contributed by atoms with Crippen molar-refractivity contribution in [3.8, 4) is 0 Å². The Bertz CT molecular complexity index is 2070. The Balaban J connectivity index is 1.20. The molecular weight excluding hydrogens is 662 g/mol. The van der Waals surface area contributed by atoms with Crippen LogP contribution in [0.1, 0.15) is 71.7 Å². The molecule has 2 aliphatic rings. The second-order valence-corrected chi connectivity index (χ2v) is 15.5. The largest absolute Gasteiger partial charge is 0.451 e. The summed E-state index contributed by atoms with van der Waals surface area (Å²) in [6, 6.07) is 21.2. The Morgan fingerprint density at radius 1 is 1.04 bits per heavy atom. The fourth-order valence-corrected chi connectivity index (χ4v) is 7.44. The number of halogens is 1. The zero-order valence-electron chi connectivity index (χ0n) is 27.7. The highest BCUT2D eigenvalue weighted by atomic mass is 35.5. The van der Waals surface area contributed by atoms with Gasteiger partial charge in [-0.2, -0.15) is 0 Å². The number of rotatable bonds is 10. The van der Waals surface area contributed by atoms with Gasteiger partial charge in [0.25, 0.3) is 5.91 Å². The topological polar surface area (TPSA) is 117 Å². The van der Waals surface area contributed by atoms with Gasteiger partial charge in [0.2, 0.25) is 15.9 Å². The molecule has 1 saturated carbocycles. The smallest absolute Gasteiger partial charge is 0.287 e. The lowest BCUT2D eigenvalue weighted by Crippen LogP contribution is -2.36. The first-order valence-corrected chi connectivity index (χ1v) is 18.8. The van der Waals surface area contributed by atoms with E-state index in [0.29, 0.717) is 36.0 Å². The van der Waals surface area contributed by atoms with E-state index in [4.69, 9.17) is 16.0 Å². The summed E-state index contributed by atoms with van der Waals surface area (Å²) < 4.78 is 30.9. The maximum Gasteiger partial charge on any atom is 0.287 e. The highest BCUT2D eigenvalue weighted by Crippen LogP contribution is 2.38. The zero-order valence-corrected chi connectivity index (χ0v) is 29.2. The molecule has 1 N–H and O–H groups in total. The van der Waals surface area contributed by atoms with Gasteiger partial charge in [-0.25, -0.2) is 8.42 Å². The maximum atomic E-state index is 13.6. The van der Waals surface area contributed by atoms with Gasteiger partial charge in [0.05, 0.1) is 23.4 Å². The summed E-state index contributed by atoms with van der Waals surface area (Å²) in [5, 5.41) is 3.88. The van der Waals surface area contributed by atoms with Crippen LogP contribution >= 0.6 is 11.6 Å². The van der Waals surface area contributed by atoms with E-state index >= 15 is 0 Å². The number of carbonyl (C=O) groups excluding carboxylic acids is 2. The van der Waals surface area contributed by atoms with Crippen molar-refractivity contribution in [1.29, 1.82) is 0 Å². The van der Waals surface area contributed by atoms with Crippen LogP contribution in [0.2, 0.25) is 5.02 Å². The predicted molar refractivity (Wildman–Crippen MR) is 193 cm³/mol. The summed E-state index contributed by atoms with van der Waals surface area (Å²) >= 11 is 6.13. The van der Waals surface area contributed by atoms with Crippen LogP contribution in [0.15, 0.2) is 93.7 Å². The van der Waals surface area contributed by atoms with Crippen molar-refractivity contribution in [2.24, 2.45) is 0 Å². The van der Waals surface area contributed by atoms with E-state index < -0.39 is 21.4 Å². The van der Waals surface area contributed by atoms with Gasteiger partial charge in [0.1, 0.15) is 5.58 Å². The van der Waals surface area contributed by atoms with Crippen LogP contribution in [0, 0.1) is 0 Å². The molecule has 2 fully saturated rings. The van der Waals surface area contributed by atoms with E-state index in [-0.39, 0.29) is 28.7 Å². The van der Waals surface area contributed by atoms with E-state index in [1.54, 1.807) is 0 Å². The number of anilines is 1. The molecule has 1 aromatic heterocycles. The molecule has 1 aliphatic heterocycles. The molecule has 0 spiro atoms. The summed E-state index contributed by atoms with van der Waals surface area (Å²) in [5.41, 5.74) is 4.83. The quantitative estimate of drug-likeness (QED) is 0.187. The Hall–Kier alpha value is -4.41. The number of allylic oxidation sites excluding steroid dienone is 1. The maximum absolute atomic E-state index is 13.6. The first-order valence-electron chi connectivity index (χ1n) is 16.6. The second kappa shape index (κ2) is 14.6. The lowest BCUT2D eigenvalue weighted by Gasteiger charge is -2.28. The molecule has 3 aromatic carbocycles. The average Bonchev–Trinajstić information content (AvgIpc) is 3.49. The molecule has 0 bridgehead atoms. The van der Waals surface area contributed by atoms with Crippen molar-refractivity contribution in [2.45, 2.75) is 63.5 Å². The molecule has 11 heteroatoms. The second-order valence-electron chi connectivity index (χ2n) is 13.0. The normalized spacial score (nSPS) is 17.3. The molecule has 256 valence electrons. The van der Waals surface area contributed by atoms with Gasteiger partial charge in [0.15, 0.2) is 11.2 Å². The van der Waals surface area contributed by atoms with Crippen LogP contribution in [-0.2, 0) is 27.8 Å². The van der Waals surface area contributed by atoms with Crippen LogP contribution in [0.5, 0.6) is 0 Å². The highest BCUT2D eigenvalue weighted by molar-refractivity contribution is 7.92. The molecule has 4 aromatic rings. The number of hydrogen-bond donors (Lipinski definition) is 1. The van der Waals surface area contributed by atoms with Crippen molar-refractivity contribution in [3.05, 3.63) is 122 Å². The minimum absolute atomic E-state index is 0.127. The summed E-state index contributed by atoms with van der Waals surface area (Å²) in [4.78, 5) is 40.9. The third kappa shape index (κ3) is 8.25. The van der Waals surface area contributed by atoms with Gasteiger partial charge < -0.3 is 14.6 Å². The van der Waals surface area contributed by atoms with Crippen LogP contribution in [0.3, 0.4) is 0 Å².